The molecule has 25 heavy (non-hydrogen) atoms. The summed E-state index contributed by atoms with van der Waals surface area (Å²) in [5, 5.41) is 5.10. The van der Waals surface area contributed by atoms with Gasteiger partial charge >= 0.3 is 5.69 Å². The van der Waals surface area contributed by atoms with Gasteiger partial charge in [-0.1, -0.05) is 23.7 Å². The van der Waals surface area contributed by atoms with Crippen molar-refractivity contribution in [1.29, 1.82) is 0 Å². The summed E-state index contributed by atoms with van der Waals surface area (Å²) in [5.41, 5.74) is 1.59. The van der Waals surface area contributed by atoms with Crippen LogP contribution in [0.4, 0.5) is 4.39 Å². The Hall–Kier alpha value is -2.44. The molecule has 0 saturated heterocycles. The molecule has 0 radical (unpaired) electrons. The second-order valence-electron chi connectivity index (χ2n) is 6.08. The van der Waals surface area contributed by atoms with Gasteiger partial charge < -0.3 is 0 Å². The van der Waals surface area contributed by atoms with Crippen LogP contribution in [0.5, 0.6) is 0 Å². The highest BCUT2D eigenvalue weighted by atomic mass is 35.5. The van der Waals surface area contributed by atoms with Crippen LogP contribution in [0.1, 0.15) is 11.4 Å². The van der Waals surface area contributed by atoms with Crippen molar-refractivity contribution in [3.63, 3.8) is 0 Å². The fourth-order valence-electron chi connectivity index (χ4n) is 3.03. The minimum absolute atomic E-state index is 0.140. The maximum absolute atomic E-state index is 13.0. The van der Waals surface area contributed by atoms with Crippen LogP contribution in [0.15, 0.2) is 53.3 Å². The molecule has 1 aromatic heterocycles. The van der Waals surface area contributed by atoms with E-state index in [9.17, 15) is 9.18 Å². The quantitative estimate of drug-likeness (QED) is 0.723. The van der Waals surface area contributed by atoms with Crippen molar-refractivity contribution < 1.29 is 4.39 Å². The summed E-state index contributed by atoms with van der Waals surface area (Å²) in [6, 6.07) is 13.5. The number of hydrogen-bond acceptors (Lipinski definition) is 3. The lowest BCUT2D eigenvalue weighted by atomic mass is 10.2. The molecule has 0 N–H and O–H groups in total. The van der Waals surface area contributed by atoms with Gasteiger partial charge in [0.1, 0.15) is 11.6 Å². The Kier molecular flexibility index (Phi) is 4.15. The van der Waals surface area contributed by atoms with E-state index in [1.807, 2.05) is 0 Å². The molecule has 128 valence electrons. The van der Waals surface area contributed by atoms with Crippen molar-refractivity contribution in [3.05, 3.63) is 81.2 Å². The lowest BCUT2D eigenvalue weighted by molar-refractivity contribution is 0.207. The van der Waals surface area contributed by atoms with E-state index in [0.29, 0.717) is 30.3 Å². The molecule has 7 heteroatoms. The second-order valence-corrected chi connectivity index (χ2v) is 6.51. The Morgan fingerprint density at radius 3 is 2.48 bits per heavy atom. The SMILES string of the molecule is O=c1n(-c2ccc(Cl)cc2)nc2n1CCN(Cc1ccc(F)cc1)C2. The molecule has 0 atom stereocenters. The lowest BCUT2D eigenvalue weighted by Crippen LogP contribution is -2.37. The van der Waals surface area contributed by atoms with Crippen molar-refractivity contribution in [2.45, 2.75) is 19.6 Å². The largest absolute Gasteiger partial charge is 0.350 e. The van der Waals surface area contributed by atoms with Crippen LogP contribution < -0.4 is 5.69 Å². The van der Waals surface area contributed by atoms with E-state index in [1.54, 1.807) is 41.0 Å². The van der Waals surface area contributed by atoms with E-state index in [4.69, 9.17) is 11.6 Å². The maximum Gasteiger partial charge on any atom is 0.350 e. The number of hydrogen-bond donors (Lipinski definition) is 0. The fourth-order valence-corrected chi connectivity index (χ4v) is 3.16. The number of rotatable bonds is 3. The zero-order chi connectivity index (χ0) is 17.4. The normalized spacial score (nSPS) is 14.5. The highest BCUT2D eigenvalue weighted by molar-refractivity contribution is 6.30. The molecule has 0 aliphatic carbocycles. The third-order valence-electron chi connectivity index (χ3n) is 4.33. The standard InChI is InChI=1S/C18H16ClFN4O/c19-14-3-7-16(8-4-14)24-18(25)23-10-9-22(12-17(23)21-24)11-13-1-5-15(20)6-2-13/h1-8H,9-12H2. The molecule has 1 aliphatic rings. The molecule has 0 amide bonds. The molecule has 0 spiro atoms. The van der Waals surface area contributed by atoms with Crippen LogP contribution >= 0.6 is 11.6 Å². The van der Waals surface area contributed by atoms with Gasteiger partial charge in [0.25, 0.3) is 0 Å². The number of halogens is 2. The van der Waals surface area contributed by atoms with Gasteiger partial charge in [-0.2, -0.15) is 4.68 Å². The molecular weight excluding hydrogens is 343 g/mol. The van der Waals surface area contributed by atoms with E-state index < -0.39 is 0 Å². The molecule has 4 rings (SSSR count). The fraction of sp³-hybridized carbons (Fsp3) is 0.222. The molecule has 2 aromatic carbocycles. The molecule has 0 bridgehead atoms. The summed E-state index contributed by atoms with van der Waals surface area (Å²) >= 11 is 5.90. The number of fused-ring (bicyclic) bond motifs is 1. The molecule has 2 heterocycles. The average molecular weight is 359 g/mol. The van der Waals surface area contributed by atoms with E-state index in [0.717, 1.165) is 17.9 Å². The summed E-state index contributed by atoms with van der Waals surface area (Å²) in [5.74, 6) is 0.492. The van der Waals surface area contributed by atoms with Gasteiger partial charge in [0.15, 0.2) is 0 Å². The van der Waals surface area contributed by atoms with Crippen LogP contribution in [0.2, 0.25) is 5.02 Å². The van der Waals surface area contributed by atoms with Crippen LogP contribution in [0.25, 0.3) is 5.69 Å². The smallest absolute Gasteiger partial charge is 0.290 e. The highest BCUT2D eigenvalue weighted by Crippen LogP contribution is 2.15. The van der Waals surface area contributed by atoms with Crippen LogP contribution in [0.3, 0.4) is 0 Å². The van der Waals surface area contributed by atoms with E-state index >= 15 is 0 Å². The van der Waals surface area contributed by atoms with E-state index in [2.05, 4.69) is 10.00 Å². The van der Waals surface area contributed by atoms with Gasteiger partial charge in [-0.15, -0.1) is 5.10 Å². The monoisotopic (exact) mass is 358 g/mol. The molecule has 0 saturated carbocycles. The van der Waals surface area contributed by atoms with Crippen molar-refractivity contribution in [3.8, 4) is 5.69 Å². The third-order valence-corrected chi connectivity index (χ3v) is 4.59. The summed E-state index contributed by atoms with van der Waals surface area (Å²) in [6.45, 7) is 2.61. The van der Waals surface area contributed by atoms with Gasteiger partial charge in [-0.3, -0.25) is 9.47 Å². The Balaban J connectivity index is 1.57. The van der Waals surface area contributed by atoms with E-state index in [-0.39, 0.29) is 11.5 Å². The summed E-state index contributed by atoms with van der Waals surface area (Å²) in [4.78, 5) is 14.8. The van der Waals surface area contributed by atoms with Gasteiger partial charge in [0.05, 0.1) is 12.2 Å². The Morgan fingerprint density at radius 2 is 1.76 bits per heavy atom. The molecule has 5 nitrogen and oxygen atoms in total. The first-order valence-electron chi connectivity index (χ1n) is 8.01. The molecular formula is C18H16ClFN4O. The van der Waals surface area contributed by atoms with E-state index in [1.165, 1.54) is 16.8 Å². The average Bonchev–Trinajstić information content (AvgIpc) is 2.94. The van der Waals surface area contributed by atoms with Gasteiger partial charge in [-0.25, -0.2) is 9.18 Å². The topological polar surface area (TPSA) is 43.1 Å². The maximum atomic E-state index is 13.0. The third kappa shape index (κ3) is 3.23. The summed E-state index contributed by atoms with van der Waals surface area (Å²) < 4.78 is 16.1. The first-order valence-corrected chi connectivity index (χ1v) is 8.39. The number of aromatic nitrogens is 3. The second kappa shape index (κ2) is 6.46. The minimum atomic E-state index is -0.238. The Morgan fingerprint density at radius 1 is 1.04 bits per heavy atom. The van der Waals surface area contributed by atoms with Gasteiger partial charge in [0, 0.05) is 24.7 Å². The predicted molar refractivity (Wildman–Crippen MR) is 93.3 cm³/mol. The zero-order valence-corrected chi connectivity index (χ0v) is 14.2. The molecule has 0 unspecified atom stereocenters. The van der Waals surface area contributed by atoms with Crippen molar-refractivity contribution in [1.82, 2.24) is 19.2 Å². The van der Waals surface area contributed by atoms with Gasteiger partial charge in [0.2, 0.25) is 0 Å². The highest BCUT2D eigenvalue weighted by Gasteiger charge is 2.22. The van der Waals surface area contributed by atoms with Crippen LogP contribution in [0, 0.1) is 5.82 Å². The number of nitrogens with zero attached hydrogens (tertiary/aromatic N) is 4. The Labute approximate surface area is 148 Å². The van der Waals surface area contributed by atoms with Crippen molar-refractivity contribution in [2.24, 2.45) is 0 Å². The van der Waals surface area contributed by atoms with Crippen LogP contribution in [-0.2, 0) is 19.6 Å². The lowest BCUT2D eigenvalue weighted by Gasteiger charge is -2.26. The van der Waals surface area contributed by atoms with Crippen LogP contribution in [-0.4, -0.2) is 25.8 Å². The zero-order valence-electron chi connectivity index (χ0n) is 13.4. The van der Waals surface area contributed by atoms with Crippen molar-refractivity contribution >= 4 is 11.6 Å². The molecule has 0 fully saturated rings. The molecule has 1 aliphatic heterocycles. The summed E-state index contributed by atoms with van der Waals surface area (Å²) in [6.07, 6.45) is 0. The first-order chi connectivity index (χ1) is 12.1. The van der Waals surface area contributed by atoms with Crippen molar-refractivity contribution in [2.75, 3.05) is 6.54 Å². The number of benzene rings is 2. The Bertz CT molecular complexity index is 947. The van der Waals surface area contributed by atoms with Gasteiger partial charge in [-0.05, 0) is 42.0 Å². The summed E-state index contributed by atoms with van der Waals surface area (Å²) in [7, 11) is 0. The predicted octanol–water partition coefficient (Wildman–Crippen LogP) is 2.84. The molecule has 3 aromatic rings. The first kappa shape index (κ1) is 16.1. The minimum Gasteiger partial charge on any atom is -0.290 e.